The molecule has 0 radical (unpaired) electrons. The Labute approximate surface area is 275 Å². The summed E-state index contributed by atoms with van der Waals surface area (Å²) in [6.07, 6.45) is 0.532. The standard InChI is InChI=1S/C35H47NO11/c1-18(2)17-43-31(39)23(36-32(40)47-33(5,6)7)16-26(37)44-20(4)30(38)45-25-12-14-35(41)22-15-21-9-10-24(42-8)28-27(21)34(35,29(25)46-28)13-11-19(22)3/h9-10,12,18-20,22-23,29,41H,11,13-17H2,1-8H3,(H,36,40)/t19?,20-,22-,23-,29-,34-,35+/m0/s1. The Bertz CT molecular complexity index is 1460. The number of ether oxygens (including phenoxy) is 6. The molecule has 1 aromatic rings. The van der Waals surface area contributed by atoms with Gasteiger partial charge in [-0.05, 0) is 88.8 Å². The molecule has 5 rings (SSSR count). The van der Waals surface area contributed by atoms with Crippen LogP contribution in [0.3, 0.4) is 0 Å². The van der Waals surface area contributed by atoms with Crippen LogP contribution in [0.1, 0.15) is 85.3 Å². The van der Waals surface area contributed by atoms with E-state index in [0.29, 0.717) is 30.3 Å². The molecule has 1 amide bonds. The molecule has 1 fully saturated rings. The molecular formula is C35H47NO11. The van der Waals surface area contributed by atoms with Gasteiger partial charge in [-0.2, -0.15) is 0 Å². The zero-order chi connectivity index (χ0) is 34.5. The average molecular weight is 658 g/mol. The summed E-state index contributed by atoms with van der Waals surface area (Å²) in [6, 6.07) is 2.50. The third-order valence-electron chi connectivity index (χ3n) is 9.70. The number of hydrogen-bond donors (Lipinski definition) is 2. The summed E-state index contributed by atoms with van der Waals surface area (Å²) < 4.78 is 33.9. The van der Waals surface area contributed by atoms with Gasteiger partial charge in [0.05, 0.1) is 31.2 Å². The van der Waals surface area contributed by atoms with Crippen molar-refractivity contribution in [3.05, 3.63) is 35.1 Å². The first-order chi connectivity index (χ1) is 22.0. The molecule has 7 atom stereocenters. The van der Waals surface area contributed by atoms with Gasteiger partial charge < -0.3 is 38.8 Å². The first kappa shape index (κ1) is 34.5. The third kappa shape index (κ3) is 6.28. The van der Waals surface area contributed by atoms with Gasteiger partial charge in [0.1, 0.15) is 17.4 Å². The molecule has 12 heteroatoms. The van der Waals surface area contributed by atoms with Gasteiger partial charge in [0.2, 0.25) is 0 Å². The molecule has 258 valence electrons. The Morgan fingerprint density at radius 1 is 1.13 bits per heavy atom. The number of alkyl carbamates (subject to hydrolysis) is 1. The molecule has 1 saturated carbocycles. The van der Waals surface area contributed by atoms with Crippen LogP contribution in [0.25, 0.3) is 0 Å². The zero-order valence-electron chi connectivity index (χ0n) is 28.5. The first-order valence-electron chi connectivity index (χ1n) is 16.4. The predicted molar refractivity (Wildman–Crippen MR) is 168 cm³/mol. The Morgan fingerprint density at radius 2 is 1.85 bits per heavy atom. The van der Waals surface area contributed by atoms with Crippen LogP contribution < -0.4 is 14.8 Å². The highest BCUT2D eigenvalue weighted by Gasteiger charge is 2.72. The lowest BCUT2D eigenvalue weighted by atomic mass is 9.45. The molecule has 0 aromatic heterocycles. The van der Waals surface area contributed by atoms with E-state index in [9.17, 15) is 24.3 Å². The van der Waals surface area contributed by atoms with Crippen LogP contribution in [0.4, 0.5) is 4.79 Å². The molecular weight excluding hydrogens is 610 g/mol. The second kappa shape index (κ2) is 12.7. The lowest BCUT2D eigenvalue weighted by Gasteiger charge is -2.61. The lowest BCUT2D eigenvalue weighted by Crippen LogP contribution is -2.69. The summed E-state index contributed by atoms with van der Waals surface area (Å²) in [5.41, 5.74) is -0.761. The molecule has 0 saturated heterocycles. The maximum atomic E-state index is 13.4. The highest BCUT2D eigenvalue weighted by molar-refractivity contribution is 5.87. The van der Waals surface area contributed by atoms with E-state index < -0.39 is 65.3 Å². The topological polar surface area (TPSA) is 156 Å². The fourth-order valence-electron chi connectivity index (χ4n) is 7.62. The van der Waals surface area contributed by atoms with Gasteiger partial charge in [-0.25, -0.2) is 14.4 Å². The molecule has 1 unspecified atom stereocenters. The molecule has 1 heterocycles. The molecule has 2 N–H and O–H groups in total. The fourth-order valence-corrected chi connectivity index (χ4v) is 7.62. The van der Waals surface area contributed by atoms with Crippen LogP contribution in [-0.2, 0) is 45.2 Å². The van der Waals surface area contributed by atoms with Gasteiger partial charge in [-0.15, -0.1) is 0 Å². The maximum absolute atomic E-state index is 13.4. The second-order valence-electron chi connectivity index (χ2n) is 14.6. The normalized spacial score (nSPS) is 28.1. The molecule has 2 bridgehead atoms. The van der Waals surface area contributed by atoms with E-state index >= 15 is 0 Å². The highest BCUT2D eigenvalue weighted by Crippen LogP contribution is 2.68. The van der Waals surface area contributed by atoms with Gasteiger partial charge >= 0.3 is 24.0 Å². The van der Waals surface area contributed by atoms with Gasteiger partial charge in [-0.1, -0.05) is 26.8 Å². The molecule has 4 aliphatic rings. The van der Waals surface area contributed by atoms with Crippen molar-refractivity contribution in [2.45, 2.75) is 115 Å². The van der Waals surface area contributed by atoms with E-state index in [1.807, 2.05) is 26.0 Å². The molecule has 3 aliphatic carbocycles. The summed E-state index contributed by atoms with van der Waals surface area (Å²) in [7, 11) is 1.56. The number of rotatable bonds is 10. The minimum atomic E-state index is -1.40. The Morgan fingerprint density at radius 3 is 2.51 bits per heavy atom. The van der Waals surface area contributed by atoms with Crippen molar-refractivity contribution in [2.75, 3.05) is 13.7 Å². The van der Waals surface area contributed by atoms with E-state index in [4.69, 9.17) is 28.4 Å². The average Bonchev–Trinajstić information content (AvgIpc) is 3.33. The number of amides is 1. The van der Waals surface area contributed by atoms with Crippen LogP contribution in [0.5, 0.6) is 11.5 Å². The predicted octanol–water partition coefficient (Wildman–Crippen LogP) is 4.27. The van der Waals surface area contributed by atoms with Gasteiger partial charge in [-0.3, -0.25) is 4.79 Å². The summed E-state index contributed by atoms with van der Waals surface area (Å²) >= 11 is 0. The largest absolute Gasteiger partial charge is 0.493 e. The number of methoxy groups -OCH3 is 1. The molecule has 1 aromatic carbocycles. The van der Waals surface area contributed by atoms with Crippen LogP contribution in [0.2, 0.25) is 0 Å². The number of esters is 3. The van der Waals surface area contributed by atoms with Gasteiger partial charge in [0, 0.05) is 5.56 Å². The third-order valence-corrected chi connectivity index (χ3v) is 9.70. The summed E-state index contributed by atoms with van der Waals surface area (Å²) in [6.45, 7) is 12.3. The smallest absolute Gasteiger partial charge is 0.408 e. The van der Waals surface area contributed by atoms with Crippen LogP contribution in [0, 0.1) is 17.8 Å². The molecule has 1 spiro atoms. The molecule has 1 aliphatic heterocycles. The first-order valence-corrected chi connectivity index (χ1v) is 16.4. The van der Waals surface area contributed by atoms with Crippen molar-refractivity contribution >= 4 is 24.0 Å². The molecule has 12 nitrogen and oxygen atoms in total. The number of aliphatic hydroxyl groups is 1. The number of carbonyl (C=O) groups excluding carboxylic acids is 4. The van der Waals surface area contributed by atoms with E-state index in [-0.39, 0.29) is 30.6 Å². The lowest BCUT2D eigenvalue weighted by molar-refractivity contribution is -0.176. The van der Waals surface area contributed by atoms with E-state index in [2.05, 4.69) is 12.2 Å². The second-order valence-corrected chi connectivity index (χ2v) is 14.6. The Balaban J connectivity index is 1.30. The fraction of sp³-hybridized carbons (Fsp3) is 0.657. The van der Waals surface area contributed by atoms with Crippen molar-refractivity contribution in [1.29, 1.82) is 0 Å². The maximum Gasteiger partial charge on any atom is 0.408 e. The highest BCUT2D eigenvalue weighted by atomic mass is 16.6. The van der Waals surface area contributed by atoms with Crippen molar-refractivity contribution < 1.29 is 52.7 Å². The monoisotopic (exact) mass is 657 g/mol. The summed E-state index contributed by atoms with van der Waals surface area (Å²) in [5.74, 6) is -0.977. The minimum Gasteiger partial charge on any atom is -0.493 e. The van der Waals surface area contributed by atoms with Gasteiger partial charge in [0.15, 0.2) is 23.7 Å². The van der Waals surface area contributed by atoms with E-state index in [1.54, 1.807) is 34.0 Å². The summed E-state index contributed by atoms with van der Waals surface area (Å²) in [5, 5.41) is 14.8. The van der Waals surface area contributed by atoms with E-state index in [1.165, 1.54) is 6.92 Å². The van der Waals surface area contributed by atoms with E-state index in [0.717, 1.165) is 17.5 Å². The Hall–Kier alpha value is -3.80. The SMILES string of the molecule is COc1ccc2c3c1O[C@H]1C(OC(=O)[C@H](C)OC(=O)C[C@H](NC(=O)OC(C)(C)C)C(=O)OCC(C)C)=CC[C@@]4(O)[C@@H](C2)C(C)CC[C@]314. The van der Waals surface area contributed by atoms with Gasteiger partial charge in [0.25, 0.3) is 0 Å². The van der Waals surface area contributed by atoms with Crippen LogP contribution in [-0.4, -0.2) is 72.3 Å². The van der Waals surface area contributed by atoms with Crippen LogP contribution >= 0.6 is 0 Å². The molecule has 47 heavy (non-hydrogen) atoms. The number of nitrogens with one attached hydrogen (secondary N) is 1. The van der Waals surface area contributed by atoms with Crippen molar-refractivity contribution in [3.8, 4) is 11.5 Å². The van der Waals surface area contributed by atoms with Crippen LogP contribution in [0.15, 0.2) is 24.0 Å². The minimum absolute atomic E-state index is 0.00274. The number of carbonyl (C=O) groups is 4. The quantitative estimate of drug-likeness (QED) is 0.274. The zero-order valence-corrected chi connectivity index (χ0v) is 28.5. The van der Waals surface area contributed by atoms with Crippen molar-refractivity contribution in [1.82, 2.24) is 5.32 Å². The summed E-state index contributed by atoms with van der Waals surface area (Å²) in [4.78, 5) is 51.5. The Kier molecular flexibility index (Phi) is 9.31. The van der Waals surface area contributed by atoms with Crippen molar-refractivity contribution in [2.24, 2.45) is 17.8 Å². The number of hydrogen-bond acceptors (Lipinski definition) is 11. The number of benzene rings is 1. The van der Waals surface area contributed by atoms with Crippen molar-refractivity contribution in [3.63, 3.8) is 0 Å².